The molecule has 0 spiro atoms. The van der Waals surface area contributed by atoms with E-state index in [0.717, 1.165) is 30.7 Å². The van der Waals surface area contributed by atoms with E-state index in [-0.39, 0.29) is 0 Å². The van der Waals surface area contributed by atoms with Gasteiger partial charge in [0.2, 0.25) is 0 Å². The number of halogens is 1. The Labute approximate surface area is 111 Å². The Hall–Kier alpha value is -0.580. The summed E-state index contributed by atoms with van der Waals surface area (Å²) in [5.41, 5.74) is 2.65. The molecule has 0 radical (unpaired) electrons. The fourth-order valence-corrected chi connectivity index (χ4v) is 2.56. The second kappa shape index (κ2) is 5.85. The monoisotopic (exact) mass is 298 g/mol. The van der Waals surface area contributed by atoms with Gasteiger partial charge in [-0.3, -0.25) is 0 Å². The molecule has 1 heterocycles. The highest BCUT2D eigenvalue weighted by Crippen LogP contribution is 2.26. The van der Waals surface area contributed by atoms with Crippen LogP contribution in [0.25, 0.3) is 0 Å². The number of morpholine rings is 1. The minimum Gasteiger partial charge on any atom is -0.375 e. The van der Waals surface area contributed by atoms with Crippen LogP contribution in [-0.4, -0.2) is 32.8 Å². The second-order valence-electron chi connectivity index (χ2n) is 4.43. The molecule has 0 amide bonds. The van der Waals surface area contributed by atoms with Crippen molar-refractivity contribution in [1.29, 1.82) is 0 Å². The fourth-order valence-electron chi connectivity index (χ4n) is 2.21. The van der Waals surface area contributed by atoms with Crippen LogP contribution >= 0.6 is 15.9 Å². The summed E-state index contributed by atoms with van der Waals surface area (Å²) in [6.45, 7) is 5.77. The highest BCUT2D eigenvalue weighted by molar-refractivity contribution is 9.10. The zero-order valence-electron chi connectivity index (χ0n) is 10.4. The average Bonchev–Trinajstić information content (AvgIpc) is 2.32. The lowest BCUT2D eigenvalue weighted by Crippen LogP contribution is -2.41. The SMILES string of the molecule is CNCc1ccc(Br)cc1N1CCOC(C)C1. The lowest BCUT2D eigenvalue weighted by Gasteiger charge is -2.34. The van der Waals surface area contributed by atoms with Gasteiger partial charge >= 0.3 is 0 Å². The lowest BCUT2D eigenvalue weighted by molar-refractivity contribution is 0.0531. The third kappa shape index (κ3) is 3.21. The van der Waals surface area contributed by atoms with Crippen molar-refractivity contribution in [3.05, 3.63) is 28.2 Å². The molecular weight excluding hydrogens is 280 g/mol. The smallest absolute Gasteiger partial charge is 0.0722 e. The summed E-state index contributed by atoms with van der Waals surface area (Å²) in [4.78, 5) is 2.41. The van der Waals surface area contributed by atoms with E-state index in [1.54, 1.807) is 0 Å². The van der Waals surface area contributed by atoms with E-state index < -0.39 is 0 Å². The maximum absolute atomic E-state index is 5.59. The fraction of sp³-hybridized carbons (Fsp3) is 0.538. The van der Waals surface area contributed by atoms with Crippen LogP contribution in [0.3, 0.4) is 0 Å². The van der Waals surface area contributed by atoms with Gasteiger partial charge in [-0.15, -0.1) is 0 Å². The molecule has 3 nitrogen and oxygen atoms in total. The highest BCUT2D eigenvalue weighted by atomic mass is 79.9. The van der Waals surface area contributed by atoms with Crippen molar-refractivity contribution in [3.63, 3.8) is 0 Å². The van der Waals surface area contributed by atoms with Crippen LogP contribution in [0.1, 0.15) is 12.5 Å². The van der Waals surface area contributed by atoms with Crippen molar-refractivity contribution in [2.75, 3.05) is 31.6 Å². The first-order valence-corrected chi connectivity index (χ1v) is 6.79. The summed E-state index contributed by atoms with van der Waals surface area (Å²) >= 11 is 3.55. The van der Waals surface area contributed by atoms with Crippen LogP contribution in [-0.2, 0) is 11.3 Å². The van der Waals surface area contributed by atoms with Crippen molar-refractivity contribution in [3.8, 4) is 0 Å². The van der Waals surface area contributed by atoms with Crippen LogP contribution in [0.15, 0.2) is 22.7 Å². The van der Waals surface area contributed by atoms with Gasteiger partial charge in [-0.25, -0.2) is 0 Å². The van der Waals surface area contributed by atoms with E-state index in [1.807, 2.05) is 7.05 Å². The zero-order chi connectivity index (χ0) is 12.3. The average molecular weight is 299 g/mol. The lowest BCUT2D eigenvalue weighted by atomic mass is 10.1. The summed E-state index contributed by atoms with van der Waals surface area (Å²) in [5.74, 6) is 0. The van der Waals surface area contributed by atoms with Crippen molar-refractivity contribution in [1.82, 2.24) is 5.32 Å². The molecule has 1 unspecified atom stereocenters. The predicted octanol–water partition coefficient (Wildman–Crippen LogP) is 2.39. The number of rotatable bonds is 3. The molecule has 0 aromatic heterocycles. The van der Waals surface area contributed by atoms with Gasteiger partial charge < -0.3 is 15.0 Å². The maximum atomic E-state index is 5.59. The third-order valence-electron chi connectivity index (χ3n) is 3.00. The highest BCUT2D eigenvalue weighted by Gasteiger charge is 2.19. The van der Waals surface area contributed by atoms with Crippen LogP contribution in [0.2, 0.25) is 0 Å². The molecular formula is C13H19BrN2O. The first-order chi connectivity index (χ1) is 8.20. The molecule has 2 rings (SSSR count). The number of hydrogen-bond acceptors (Lipinski definition) is 3. The van der Waals surface area contributed by atoms with E-state index in [1.165, 1.54) is 11.3 Å². The predicted molar refractivity (Wildman–Crippen MR) is 74.5 cm³/mol. The molecule has 0 saturated carbocycles. The summed E-state index contributed by atoms with van der Waals surface area (Å²) in [5, 5.41) is 3.22. The van der Waals surface area contributed by atoms with Crippen molar-refractivity contribution >= 4 is 21.6 Å². The standard InChI is InChI=1S/C13H19BrN2O/c1-10-9-16(5-6-17-10)13-7-12(14)4-3-11(13)8-15-2/h3-4,7,10,15H,5-6,8-9H2,1-2H3. The largest absolute Gasteiger partial charge is 0.375 e. The molecule has 1 atom stereocenters. The quantitative estimate of drug-likeness (QED) is 0.927. The van der Waals surface area contributed by atoms with Crippen LogP contribution < -0.4 is 10.2 Å². The van der Waals surface area contributed by atoms with E-state index in [9.17, 15) is 0 Å². The van der Waals surface area contributed by atoms with Gasteiger partial charge in [0.15, 0.2) is 0 Å². The Balaban J connectivity index is 2.25. The molecule has 0 aliphatic carbocycles. The van der Waals surface area contributed by atoms with E-state index in [0.29, 0.717) is 6.10 Å². The normalized spacial score (nSPS) is 20.6. The number of benzene rings is 1. The summed E-state index contributed by atoms with van der Waals surface area (Å²) < 4.78 is 6.72. The minimum absolute atomic E-state index is 0.310. The van der Waals surface area contributed by atoms with Gasteiger partial charge in [-0.2, -0.15) is 0 Å². The Morgan fingerprint density at radius 1 is 1.53 bits per heavy atom. The molecule has 1 saturated heterocycles. The van der Waals surface area contributed by atoms with Crippen molar-refractivity contribution in [2.24, 2.45) is 0 Å². The van der Waals surface area contributed by atoms with Crippen molar-refractivity contribution in [2.45, 2.75) is 19.6 Å². The molecule has 1 N–H and O–H groups in total. The van der Waals surface area contributed by atoms with Crippen LogP contribution in [0, 0.1) is 0 Å². The maximum Gasteiger partial charge on any atom is 0.0722 e. The van der Waals surface area contributed by atoms with E-state index in [2.05, 4.69) is 51.3 Å². The van der Waals surface area contributed by atoms with E-state index in [4.69, 9.17) is 4.74 Å². The molecule has 4 heteroatoms. The Kier molecular flexibility index (Phi) is 4.42. The van der Waals surface area contributed by atoms with Gasteiger partial charge in [-0.1, -0.05) is 22.0 Å². The summed E-state index contributed by atoms with van der Waals surface area (Å²) in [6, 6.07) is 6.47. The van der Waals surface area contributed by atoms with Crippen molar-refractivity contribution < 1.29 is 4.74 Å². The Bertz CT molecular complexity index is 384. The molecule has 1 aliphatic rings. The Morgan fingerprint density at radius 3 is 3.06 bits per heavy atom. The molecule has 1 aromatic rings. The van der Waals surface area contributed by atoms with Crippen LogP contribution in [0.4, 0.5) is 5.69 Å². The molecule has 0 bridgehead atoms. The minimum atomic E-state index is 0.310. The molecule has 94 valence electrons. The first-order valence-electron chi connectivity index (χ1n) is 6.00. The van der Waals surface area contributed by atoms with Gasteiger partial charge in [0, 0.05) is 29.8 Å². The molecule has 1 aromatic carbocycles. The molecule has 17 heavy (non-hydrogen) atoms. The number of nitrogens with one attached hydrogen (secondary N) is 1. The van der Waals surface area contributed by atoms with Gasteiger partial charge in [-0.05, 0) is 31.7 Å². The van der Waals surface area contributed by atoms with Gasteiger partial charge in [0.05, 0.1) is 12.7 Å². The Morgan fingerprint density at radius 2 is 2.35 bits per heavy atom. The van der Waals surface area contributed by atoms with Crippen LogP contribution in [0.5, 0.6) is 0 Å². The zero-order valence-corrected chi connectivity index (χ0v) is 12.0. The number of nitrogens with zero attached hydrogens (tertiary/aromatic N) is 1. The van der Waals surface area contributed by atoms with Gasteiger partial charge in [0.25, 0.3) is 0 Å². The summed E-state index contributed by atoms with van der Waals surface area (Å²) in [7, 11) is 1.98. The molecule has 1 fully saturated rings. The van der Waals surface area contributed by atoms with Gasteiger partial charge in [0.1, 0.15) is 0 Å². The number of ether oxygens (including phenoxy) is 1. The summed E-state index contributed by atoms with van der Waals surface area (Å²) in [6.07, 6.45) is 0.310. The van der Waals surface area contributed by atoms with E-state index >= 15 is 0 Å². The second-order valence-corrected chi connectivity index (χ2v) is 5.35. The topological polar surface area (TPSA) is 24.5 Å². The number of anilines is 1. The number of hydrogen-bond donors (Lipinski definition) is 1. The third-order valence-corrected chi connectivity index (χ3v) is 3.49. The molecule has 1 aliphatic heterocycles. The first kappa shape index (κ1) is 12.9.